The first-order chi connectivity index (χ1) is 10.3. The van der Waals surface area contributed by atoms with E-state index >= 15 is 0 Å². The van der Waals surface area contributed by atoms with E-state index < -0.39 is 0 Å². The number of thioether (sulfide) groups is 1. The lowest BCUT2D eigenvalue weighted by molar-refractivity contribution is 0.318. The molecule has 2 rings (SSSR count). The molecule has 0 saturated heterocycles. The van der Waals surface area contributed by atoms with Crippen molar-refractivity contribution in [2.45, 2.75) is 11.3 Å². The minimum Gasteiger partial charge on any atom is -0.496 e. The topological polar surface area (TPSA) is 42.2 Å². The van der Waals surface area contributed by atoms with Gasteiger partial charge >= 0.3 is 0 Å². The first-order valence-electron chi connectivity index (χ1n) is 6.73. The summed E-state index contributed by atoms with van der Waals surface area (Å²) < 4.78 is 11.0. The second-order valence-electron chi connectivity index (χ2n) is 4.31. The number of benzene rings is 2. The highest BCUT2D eigenvalue weighted by Gasteiger charge is 2.03. The van der Waals surface area contributed by atoms with Crippen LogP contribution < -0.4 is 9.47 Å². The molecule has 21 heavy (non-hydrogen) atoms. The number of nitrogens with zero attached hydrogens (tertiary/aromatic N) is 1. The van der Waals surface area contributed by atoms with Gasteiger partial charge in [-0.15, -0.1) is 11.8 Å². The van der Waals surface area contributed by atoms with Gasteiger partial charge in [0.25, 0.3) is 0 Å². The molecular weight excluding hydrogens is 282 g/mol. The van der Waals surface area contributed by atoms with Crippen molar-refractivity contribution in [3.8, 4) is 17.6 Å². The van der Waals surface area contributed by atoms with Crippen LogP contribution in [-0.2, 0) is 0 Å². The fourth-order valence-electron chi connectivity index (χ4n) is 1.85. The second-order valence-corrected chi connectivity index (χ2v) is 5.45. The molecule has 0 aliphatic rings. The Morgan fingerprint density at radius 1 is 1.05 bits per heavy atom. The van der Waals surface area contributed by atoms with Crippen molar-refractivity contribution in [1.82, 2.24) is 0 Å². The zero-order valence-electron chi connectivity index (χ0n) is 11.9. The van der Waals surface area contributed by atoms with Crippen molar-refractivity contribution in [2.24, 2.45) is 0 Å². The van der Waals surface area contributed by atoms with Gasteiger partial charge in [0.05, 0.1) is 19.3 Å². The molecule has 4 heteroatoms. The van der Waals surface area contributed by atoms with Gasteiger partial charge in [-0.05, 0) is 30.7 Å². The number of para-hydroxylation sites is 2. The average molecular weight is 299 g/mol. The van der Waals surface area contributed by atoms with Gasteiger partial charge in [-0.2, -0.15) is 5.26 Å². The van der Waals surface area contributed by atoms with E-state index in [0.29, 0.717) is 17.9 Å². The van der Waals surface area contributed by atoms with E-state index in [4.69, 9.17) is 14.7 Å². The van der Waals surface area contributed by atoms with E-state index in [0.717, 1.165) is 22.8 Å². The normalized spacial score (nSPS) is 9.90. The first-order valence-corrected chi connectivity index (χ1v) is 7.71. The molecule has 0 spiro atoms. The van der Waals surface area contributed by atoms with Gasteiger partial charge in [-0.3, -0.25) is 0 Å². The molecule has 0 fully saturated rings. The molecule has 0 N–H and O–H groups in total. The number of hydrogen-bond donors (Lipinski definition) is 0. The van der Waals surface area contributed by atoms with E-state index in [1.54, 1.807) is 24.9 Å². The molecule has 0 aromatic heterocycles. The van der Waals surface area contributed by atoms with E-state index in [1.807, 2.05) is 36.4 Å². The van der Waals surface area contributed by atoms with Gasteiger partial charge in [0.2, 0.25) is 0 Å². The van der Waals surface area contributed by atoms with Crippen LogP contribution >= 0.6 is 11.8 Å². The summed E-state index contributed by atoms with van der Waals surface area (Å²) in [5, 5.41) is 8.98. The Morgan fingerprint density at radius 2 is 1.76 bits per heavy atom. The highest BCUT2D eigenvalue weighted by molar-refractivity contribution is 7.99. The fourth-order valence-corrected chi connectivity index (χ4v) is 2.80. The maximum Gasteiger partial charge on any atom is 0.137 e. The van der Waals surface area contributed by atoms with Gasteiger partial charge in [0, 0.05) is 10.6 Å². The largest absolute Gasteiger partial charge is 0.496 e. The van der Waals surface area contributed by atoms with E-state index in [-0.39, 0.29) is 0 Å². The SMILES string of the molecule is COc1ccccc1SCCCOc1ccccc1C#N. The van der Waals surface area contributed by atoms with Crippen LogP contribution in [0.25, 0.3) is 0 Å². The zero-order valence-corrected chi connectivity index (χ0v) is 12.7. The Labute approximate surface area is 129 Å². The molecular formula is C17H17NO2S. The van der Waals surface area contributed by atoms with E-state index in [9.17, 15) is 0 Å². The van der Waals surface area contributed by atoms with Crippen LogP contribution in [-0.4, -0.2) is 19.5 Å². The standard InChI is InChI=1S/C17H17NO2S/c1-19-16-9-4-5-10-17(16)21-12-6-11-20-15-8-3-2-7-14(15)13-18/h2-5,7-10H,6,11-12H2,1H3. The first kappa shape index (κ1) is 15.3. The highest BCUT2D eigenvalue weighted by atomic mass is 32.2. The van der Waals surface area contributed by atoms with Crippen molar-refractivity contribution in [3.05, 3.63) is 54.1 Å². The minimum atomic E-state index is 0.579. The number of ether oxygens (including phenoxy) is 2. The monoisotopic (exact) mass is 299 g/mol. The van der Waals surface area contributed by atoms with Gasteiger partial charge in [-0.25, -0.2) is 0 Å². The molecule has 0 unspecified atom stereocenters. The summed E-state index contributed by atoms with van der Waals surface area (Å²) >= 11 is 1.75. The Hall–Kier alpha value is -2.12. The van der Waals surface area contributed by atoms with Crippen LogP contribution in [0.5, 0.6) is 11.5 Å². The molecule has 2 aromatic rings. The fraction of sp³-hybridized carbons (Fsp3) is 0.235. The number of rotatable bonds is 7. The third-order valence-electron chi connectivity index (χ3n) is 2.88. The highest BCUT2D eigenvalue weighted by Crippen LogP contribution is 2.29. The molecule has 0 saturated carbocycles. The summed E-state index contributed by atoms with van der Waals surface area (Å²) in [6.45, 7) is 0.598. The maximum atomic E-state index is 8.98. The molecule has 0 radical (unpaired) electrons. The third-order valence-corrected chi connectivity index (χ3v) is 4.02. The summed E-state index contributed by atoms with van der Waals surface area (Å²) in [6, 6.07) is 17.4. The molecule has 108 valence electrons. The third kappa shape index (κ3) is 4.44. The molecule has 2 aromatic carbocycles. The van der Waals surface area contributed by atoms with E-state index in [1.165, 1.54) is 0 Å². The smallest absolute Gasteiger partial charge is 0.137 e. The van der Waals surface area contributed by atoms with E-state index in [2.05, 4.69) is 12.1 Å². The van der Waals surface area contributed by atoms with Crippen LogP contribution in [0, 0.1) is 11.3 Å². The van der Waals surface area contributed by atoms with Crippen molar-refractivity contribution < 1.29 is 9.47 Å². The lowest BCUT2D eigenvalue weighted by Crippen LogP contribution is -2.00. The number of nitriles is 1. The van der Waals surface area contributed by atoms with Crippen molar-refractivity contribution in [1.29, 1.82) is 5.26 Å². The quantitative estimate of drug-likeness (QED) is 0.569. The summed E-state index contributed by atoms with van der Waals surface area (Å²) in [4.78, 5) is 1.14. The predicted molar refractivity (Wildman–Crippen MR) is 85.0 cm³/mol. The summed E-state index contributed by atoms with van der Waals surface area (Å²) in [5.74, 6) is 2.50. The predicted octanol–water partition coefficient (Wildman–Crippen LogP) is 4.13. The molecule has 3 nitrogen and oxygen atoms in total. The zero-order chi connectivity index (χ0) is 14.9. The number of methoxy groups -OCH3 is 1. The van der Waals surface area contributed by atoms with Crippen LogP contribution in [0.15, 0.2) is 53.4 Å². The maximum absolute atomic E-state index is 8.98. The van der Waals surface area contributed by atoms with Gasteiger partial charge in [-0.1, -0.05) is 24.3 Å². The van der Waals surface area contributed by atoms with Gasteiger partial charge < -0.3 is 9.47 Å². The average Bonchev–Trinajstić information content (AvgIpc) is 2.55. The van der Waals surface area contributed by atoms with Crippen LogP contribution in [0.1, 0.15) is 12.0 Å². The Morgan fingerprint density at radius 3 is 2.52 bits per heavy atom. The minimum absolute atomic E-state index is 0.579. The van der Waals surface area contributed by atoms with Crippen molar-refractivity contribution in [3.63, 3.8) is 0 Å². The van der Waals surface area contributed by atoms with Gasteiger partial charge in [0.1, 0.15) is 17.6 Å². The Balaban J connectivity index is 1.77. The van der Waals surface area contributed by atoms with Crippen LogP contribution in [0.4, 0.5) is 0 Å². The summed E-state index contributed by atoms with van der Waals surface area (Å²) in [7, 11) is 1.68. The lowest BCUT2D eigenvalue weighted by Gasteiger charge is -2.09. The lowest BCUT2D eigenvalue weighted by atomic mass is 10.2. The van der Waals surface area contributed by atoms with Crippen LogP contribution in [0.2, 0.25) is 0 Å². The van der Waals surface area contributed by atoms with Crippen molar-refractivity contribution in [2.75, 3.05) is 19.5 Å². The molecule has 0 aliphatic carbocycles. The molecule has 0 amide bonds. The van der Waals surface area contributed by atoms with Crippen molar-refractivity contribution >= 4 is 11.8 Å². The Kier molecular flexibility index (Phi) is 5.99. The molecule has 0 bridgehead atoms. The summed E-state index contributed by atoms with van der Waals surface area (Å²) in [6.07, 6.45) is 0.905. The summed E-state index contributed by atoms with van der Waals surface area (Å²) in [5.41, 5.74) is 0.579. The van der Waals surface area contributed by atoms with Gasteiger partial charge in [0.15, 0.2) is 0 Å². The second kappa shape index (κ2) is 8.23. The molecule has 0 heterocycles. The molecule has 0 atom stereocenters. The Bertz CT molecular complexity index is 622. The number of hydrogen-bond acceptors (Lipinski definition) is 4. The van der Waals surface area contributed by atoms with Crippen LogP contribution in [0.3, 0.4) is 0 Å². The molecule has 0 aliphatic heterocycles.